The topological polar surface area (TPSA) is 101 Å². The van der Waals surface area contributed by atoms with Crippen molar-refractivity contribution in [3.63, 3.8) is 0 Å². The molecule has 0 N–H and O–H groups in total. The Balaban J connectivity index is 2.11. The first kappa shape index (κ1) is 20.6. The lowest BCUT2D eigenvalue weighted by atomic mass is 10.1. The molecule has 0 radical (unpaired) electrons. The summed E-state index contributed by atoms with van der Waals surface area (Å²) in [6.07, 6.45) is -5.20. The van der Waals surface area contributed by atoms with E-state index in [1.165, 1.54) is 12.1 Å². The van der Waals surface area contributed by atoms with E-state index in [2.05, 4.69) is 14.2 Å². The fourth-order valence-electron chi connectivity index (χ4n) is 1.96. The molecule has 0 aliphatic rings. The highest BCUT2D eigenvalue weighted by molar-refractivity contribution is 7.90. The Morgan fingerprint density at radius 2 is 2.04 bits per heavy atom. The molecule has 0 fully saturated rings. The van der Waals surface area contributed by atoms with Crippen molar-refractivity contribution in [1.29, 1.82) is 0 Å². The van der Waals surface area contributed by atoms with Crippen molar-refractivity contribution < 1.29 is 36.3 Å². The van der Waals surface area contributed by atoms with Crippen molar-refractivity contribution in [2.75, 3.05) is 0 Å². The molecule has 0 saturated heterocycles. The van der Waals surface area contributed by atoms with Crippen molar-refractivity contribution in [3.8, 4) is 5.75 Å². The zero-order chi connectivity index (χ0) is 20.0. The molecule has 0 spiro atoms. The molecular weight excluding hydrogens is 393 g/mol. The number of ketones is 1. The number of nitro groups is 1. The number of aromatic nitrogens is 1. The van der Waals surface area contributed by atoms with Crippen molar-refractivity contribution >= 4 is 23.8 Å². The predicted octanol–water partition coefficient (Wildman–Crippen LogP) is 4.13. The third kappa shape index (κ3) is 6.51. The first-order chi connectivity index (χ1) is 12.7. The van der Waals surface area contributed by atoms with Crippen LogP contribution in [-0.2, 0) is 15.6 Å². The molecule has 1 heterocycles. The predicted molar refractivity (Wildman–Crippen MR) is 86.5 cm³/mol. The van der Waals surface area contributed by atoms with Gasteiger partial charge < -0.3 is 4.18 Å². The van der Waals surface area contributed by atoms with E-state index >= 15 is 0 Å². The number of carbonyl (C=O) groups is 1. The number of hydrogen-bond acceptors (Lipinski definition) is 8. The van der Waals surface area contributed by atoms with Crippen LogP contribution in [0.4, 0.5) is 18.9 Å². The standard InChI is InChI=1S/C15H11F3N2O6S/c1-9-3-2-4-11(19-9)13(21)7-10-5-6-12(20(22)23)14(8-10)24-27-26-25-15(16,17)18/h2-6,8H,7H2,1H3. The molecule has 2 rings (SSSR count). The van der Waals surface area contributed by atoms with Gasteiger partial charge in [0, 0.05) is 18.2 Å². The average Bonchev–Trinajstić information content (AvgIpc) is 2.58. The van der Waals surface area contributed by atoms with Crippen molar-refractivity contribution in [3.05, 3.63) is 63.5 Å². The van der Waals surface area contributed by atoms with E-state index in [4.69, 9.17) is 4.18 Å². The Kier molecular flexibility index (Phi) is 6.71. The lowest BCUT2D eigenvalue weighted by molar-refractivity contribution is -0.441. The van der Waals surface area contributed by atoms with Crippen LogP contribution < -0.4 is 4.18 Å². The van der Waals surface area contributed by atoms with Gasteiger partial charge >= 0.3 is 12.0 Å². The zero-order valence-corrected chi connectivity index (χ0v) is 14.4. The van der Waals surface area contributed by atoms with Gasteiger partial charge in [-0.05, 0) is 30.7 Å². The van der Waals surface area contributed by atoms with Gasteiger partial charge in [0.15, 0.2) is 5.78 Å². The molecule has 0 atom stereocenters. The summed E-state index contributed by atoms with van der Waals surface area (Å²) in [6.45, 7) is 1.72. The summed E-state index contributed by atoms with van der Waals surface area (Å²) in [5.41, 5.74) is 0.670. The lowest BCUT2D eigenvalue weighted by Gasteiger charge is -2.07. The van der Waals surface area contributed by atoms with E-state index in [0.29, 0.717) is 11.3 Å². The van der Waals surface area contributed by atoms with Crippen LogP contribution in [0.25, 0.3) is 0 Å². The SMILES string of the molecule is Cc1cccc(C(=O)Cc2ccc([N+](=O)[O-])c(OSOOC(F)(F)F)c2)n1. The average molecular weight is 404 g/mol. The van der Waals surface area contributed by atoms with Gasteiger partial charge in [0.25, 0.3) is 12.3 Å². The molecule has 1 aromatic carbocycles. The molecule has 144 valence electrons. The fraction of sp³-hybridized carbons (Fsp3) is 0.200. The number of benzene rings is 1. The Labute approximate surface area is 154 Å². The zero-order valence-electron chi connectivity index (χ0n) is 13.6. The number of pyridine rings is 1. The van der Waals surface area contributed by atoms with Gasteiger partial charge in [-0.2, -0.15) is 0 Å². The molecule has 2 aromatic rings. The summed E-state index contributed by atoms with van der Waals surface area (Å²) >= 11 is -0.253. The number of nitro benzene ring substituents is 1. The molecule has 0 saturated carbocycles. The normalized spacial score (nSPS) is 11.3. The van der Waals surface area contributed by atoms with Crippen LogP contribution in [-0.4, -0.2) is 22.1 Å². The van der Waals surface area contributed by atoms with Crippen LogP contribution in [0.1, 0.15) is 21.7 Å². The van der Waals surface area contributed by atoms with E-state index in [0.717, 1.165) is 12.1 Å². The first-order valence-corrected chi connectivity index (χ1v) is 7.82. The monoisotopic (exact) mass is 404 g/mol. The minimum Gasteiger partial charge on any atom is -0.391 e. The first-order valence-electron chi connectivity index (χ1n) is 7.15. The van der Waals surface area contributed by atoms with Gasteiger partial charge in [0.05, 0.1) is 4.92 Å². The van der Waals surface area contributed by atoms with Crippen molar-refractivity contribution in [2.45, 2.75) is 19.7 Å². The van der Waals surface area contributed by atoms with Crippen LogP contribution in [0, 0.1) is 17.0 Å². The highest BCUT2D eigenvalue weighted by Crippen LogP contribution is 2.32. The maximum absolute atomic E-state index is 12.3. The molecule has 0 bridgehead atoms. The summed E-state index contributed by atoms with van der Waals surface area (Å²) in [6, 6.07) is 8.44. The highest BCUT2D eigenvalue weighted by atomic mass is 32.2. The van der Waals surface area contributed by atoms with Crippen LogP contribution in [0.3, 0.4) is 0 Å². The Hall–Kier alpha value is -2.70. The lowest BCUT2D eigenvalue weighted by Crippen LogP contribution is -2.11. The van der Waals surface area contributed by atoms with E-state index in [-0.39, 0.29) is 30.2 Å². The molecule has 0 aliphatic heterocycles. The van der Waals surface area contributed by atoms with E-state index in [1.54, 1.807) is 19.1 Å². The third-order valence-electron chi connectivity index (χ3n) is 3.04. The quantitative estimate of drug-likeness (QED) is 0.162. The van der Waals surface area contributed by atoms with Crippen molar-refractivity contribution in [1.82, 2.24) is 4.98 Å². The summed E-state index contributed by atoms with van der Waals surface area (Å²) < 4.78 is 43.9. The van der Waals surface area contributed by atoms with Crippen LogP contribution >= 0.6 is 12.3 Å². The van der Waals surface area contributed by atoms with E-state index in [1.807, 2.05) is 0 Å². The molecule has 1 aromatic heterocycles. The molecule has 8 nitrogen and oxygen atoms in total. The minimum atomic E-state index is -5.06. The molecular formula is C15H11F3N2O6S. The molecule has 0 aliphatic carbocycles. The second kappa shape index (κ2) is 8.79. The Bertz CT molecular complexity index is 847. The Morgan fingerprint density at radius 3 is 2.67 bits per heavy atom. The molecule has 27 heavy (non-hydrogen) atoms. The fourth-order valence-corrected chi connectivity index (χ4v) is 2.30. The number of aryl methyl sites for hydroxylation is 1. The number of hydrogen-bond donors (Lipinski definition) is 0. The summed E-state index contributed by atoms with van der Waals surface area (Å²) in [7, 11) is 0. The smallest absolute Gasteiger partial charge is 0.391 e. The van der Waals surface area contributed by atoms with Gasteiger partial charge in [-0.15, -0.1) is 22.4 Å². The maximum Gasteiger partial charge on any atom is 0.550 e. The van der Waals surface area contributed by atoms with Crippen LogP contribution in [0.15, 0.2) is 36.4 Å². The Morgan fingerprint density at radius 1 is 1.30 bits per heavy atom. The highest BCUT2D eigenvalue weighted by Gasteiger charge is 2.32. The number of halogens is 3. The minimum absolute atomic E-state index is 0.143. The van der Waals surface area contributed by atoms with Gasteiger partial charge in [-0.1, -0.05) is 12.1 Å². The number of rotatable bonds is 8. The molecule has 12 heteroatoms. The number of alkyl halides is 3. The molecule has 0 amide bonds. The molecule has 0 unspecified atom stereocenters. The summed E-state index contributed by atoms with van der Waals surface area (Å²) in [5.74, 6) is -0.749. The number of nitrogens with zero attached hydrogens (tertiary/aromatic N) is 2. The largest absolute Gasteiger partial charge is 0.550 e. The number of Topliss-reactive ketones (excluding diaryl/α,β-unsaturated/α-hetero) is 1. The third-order valence-corrected chi connectivity index (χ3v) is 3.41. The van der Waals surface area contributed by atoms with Crippen molar-refractivity contribution in [2.24, 2.45) is 0 Å². The van der Waals surface area contributed by atoms with Gasteiger partial charge in [-0.3, -0.25) is 19.9 Å². The van der Waals surface area contributed by atoms with Crippen LogP contribution in [0.5, 0.6) is 5.75 Å². The van der Waals surface area contributed by atoms with E-state index in [9.17, 15) is 28.1 Å². The second-order valence-corrected chi connectivity index (χ2v) is 5.51. The van der Waals surface area contributed by atoms with Gasteiger partial charge in [-0.25, -0.2) is 0 Å². The second-order valence-electron chi connectivity index (χ2n) is 5.07. The van der Waals surface area contributed by atoms with Gasteiger partial charge in [0.2, 0.25) is 5.75 Å². The van der Waals surface area contributed by atoms with E-state index < -0.39 is 22.7 Å². The summed E-state index contributed by atoms with van der Waals surface area (Å²) in [5, 5.41) is 11.0. The maximum atomic E-state index is 12.3. The van der Waals surface area contributed by atoms with Gasteiger partial charge in [0.1, 0.15) is 5.69 Å². The summed E-state index contributed by atoms with van der Waals surface area (Å²) in [4.78, 5) is 29.6. The van der Waals surface area contributed by atoms with Crippen LogP contribution in [0.2, 0.25) is 0 Å². The number of carbonyl (C=O) groups excluding carboxylic acids is 1.